The van der Waals surface area contributed by atoms with Gasteiger partial charge in [0, 0.05) is 12.3 Å². The molecule has 0 unspecified atom stereocenters. The summed E-state index contributed by atoms with van der Waals surface area (Å²) in [7, 11) is 0. The van der Waals surface area contributed by atoms with Crippen LogP contribution in [0.5, 0.6) is 0 Å². The van der Waals surface area contributed by atoms with Gasteiger partial charge in [-0.3, -0.25) is 14.3 Å². The molecule has 4 atom stereocenters. The molecule has 96 valence electrons. The molecule has 0 bridgehead atoms. The number of aliphatic hydroxyl groups is 2. The lowest BCUT2D eigenvalue weighted by molar-refractivity contribution is -0.0533. The van der Waals surface area contributed by atoms with Crippen molar-refractivity contribution in [2.24, 2.45) is 5.92 Å². The van der Waals surface area contributed by atoms with E-state index in [0.29, 0.717) is 0 Å². The van der Waals surface area contributed by atoms with E-state index in [9.17, 15) is 14.7 Å². The first-order valence-corrected chi connectivity index (χ1v) is 5.30. The van der Waals surface area contributed by atoms with Gasteiger partial charge in [-0.15, -0.1) is 6.42 Å². The van der Waals surface area contributed by atoms with Gasteiger partial charge in [0.15, 0.2) is 6.23 Å². The van der Waals surface area contributed by atoms with Gasteiger partial charge in [-0.05, 0) is 0 Å². The van der Waals surface area contributed by atoms with Crippen LogP contribution < -0.4 is 11.2 Å². The molecule has 1 fully saturated rings. The van der Waals surface area contributed by atoms with E-state index in [1.54, 1.807) is 0 Å². The molecule has 7 heteroatoms. The molecule has 1 aromatic rings. The summed E-state index contributed by atoms with van der Waals surface area (Å²) in [6.07, 6.45) is 3.57. The number of nitrogens with one attached hydrogen (secondary N) is 1. The maximum absolute atomic E-state index is 11.6. The van der Waals surface area contributed by atoms with Crippen LogP contribution in [-0.4, -0.2) is 38.6 Å². The molecule has 3 N–H and O–H groups in total. The van der Waals surface area contributed by atoms with Crippen molar-refractivity contribution in [3.63, 3.8) is 0 Å². The van der Waals surface area contributed by atoms with Gasteiger partial charge < -0.3 is 14.9 Å². The number of terminal acetylenes is 1. The molecule has 18 heavy (non-hydrogen) atoms. The summed E-state index contributed by atoms with van der Waals surface area (Å²) in [5, 5.41) is 19.1. The van der Waals surface area contributed by atoms with Crippen LogP contribution in [0.4, 0.5) is 0 Å². The fourth-order valence-corrected chi connectivity index (χ4v) is 1.96. The van der Waals surface area contributed by atoms with Gasteiger partial charge in [-0.25, -0.2) is 4.79 Å². The highest BCUT2D eigenvalue weighted by molar-refractivity contribution is 5.06. The van der Waals surface area contributed by atoms with Crippen LogP contribution in [0.2, 0.25) is 0 Å². The summed E-state index contributed by atoms with van der Waals surface area (Å²) in [5.41, 5.74) is -1.25. The summed E-state index contributed by atoms with van der Waals surface area (Å²) in [6.45, 7) is -0.361. The average molecular weight is 252 g/mol. The topological polar surface area (TPSA) is 105 Å². The van der Waals surface area contributed by atoms with Gasteiger partial charge in [0.05, 0.1) is 18.6 Å². The Kier molecular flexibility index (Phi) is 3.34. The number of rotatable bonds is 2. The van der Waals surface area contributed by atoms with E-state index in [2.05, 4.69) is 5.92 Å². The summed E-state index contributed by atoms with van der Waals surface area (Å²) in [5.74, 6) is 1.61. The second-order valence-electron chi connectivity index (χ2n) is 3.95. The number of aliphatic hydroxyl groups excluding tert-OH is 2. The Morgan fingerprint density at radius 2 is 2.28 bits per heavy atom. The van der Waals surface area contributed by atoms with Crippen LogP contribution in [-0.2, 0) is 4.74 Å². The zero-order chi connectivity index (χ0) is 13.3. The van der Waals surface area contributed by atoms with Crippen molar-refractivity contribution in [3.8, 4) is 12.3 Å². The molecule has 0 radical (unpaired) electrons. The van der Waals surface area contributed by atoms with Crippen molar-refractivity contribution in [1.82, 2.24) is 9.55 Å². The SMILES string of the molecule is C#C[C@@H]1[C@@H](O)[C@H](n2ccc(=O)[nH]c2=O)O[C@@H]1CO. The van der Waals surface area contributed by atoms with E-state index in [4.69, 9.17) is 16.3 Å². The Labute approximate surface area is 102 Å². The molecule has 0 aromatic carbocycles. The minimum atomic E-state index is -1.13. The van der Waals surface area contributed by atoms with Gasteiger partial charge >= 0.3 is 5.69 Å². The first-order chi connectivity index (χ1) is 8.58. The summed E-state index contributed by atoms with van der Waals surface area (Å²) in [4.78, 5) is 24.5. The van der Waals surface area contributed by atoms with E-state index in [0.717, 1.165) is 10.6 Å². The first-order valence-electron chi connectivity index (χ1n) is 5.30. The highest BCUT2D eigenvalue weighted by Crippen LogP contribution is 2.32. The smallest absolute Gasteiger partial charge is 0.330 e. The highest BCUT2D eigenvalue weighted by Gasteiger charge is 2.43. The van der Waals surface area contributed by atoms with Crippen LogP contribution in [0, 0.1) is 18.3 Å². The van der Waals surface area contributed by atoms with Crippen LogP contribution in [0.15, 0.2) is 21.9 Å². The van der Waals surface area contributed by atoms with Crippen molar-refractivity contribution in [3.05, 3.63) is 33.1 Å². The lowest BCUT2D eigenvalue weighted by atomic mass is 9.99. The number of aromatic nitrogens is 2. The van der Waals surface area contributed by atoms with Crippen molar-refractivity contribution in [2.45, 2.75) is 18.4 Å². The van der Waals surface area contributed by atoms with Gasteiger partial charge in [-0.2, -0.15) is 0 Å². The predicted octanol–water partition coefficient (Wildman–Crippen LogP) is -1.96. The number of ether oxygens (including phenoxy) is 1. The van der Waals surface area contributed by atoms with Crippen LogP contribution in [0.1, 0.15) is 6.23 Å². The third-order valence-corrected chi connectivity index (χ3v) is 2.87. The molecule has 0 spiro atoms. The van der Waals surface area contributed by atoms with Crippen LogP contribution in [0.25, 0.3) is 0 Å². The second kappa shape index (κ2) is 4.78. The quantitative estimate of drug-likeness (QED) is 0.530. The average Bonchev–Trinajstić information content (AvgIpc) is 2.66. The number of hydrogen-bond donors (Lipinski definition) is 3. The molecule has 1 saturated heterocycles. The second-order valence-corrected chi connectivity index (χ2v) is 3.95. The number of H-pyrrole nitrogens is 1. The molecule has 1 aromatic heterocycles. The zero-order valence-corrected chi connectivity index (χ0v) is 9.31. The number of aromatic amines is 1. The summed E-state index contributed by atoms with van der Waals surface area (Å²) in [6, 6.07) is 1.13. The van der Waals surface area contributed by atoms with E-state index < -0.39 is 35.6 Å². The Bertz CT molecular complexity index is 584. The van der Waals surface area contributed by atoms with E-state index in [1.165, 1.54) is 6.20 Å². The molecule has 0 aliphatic carbocycles. The first kappa shape index (κ1) is 12.6. The summed E-state index contributed by atoms with van der Waals surface area (Å²) < 4.78 is 6.37. The summed E-state index contributed by atoms with van der Waals surface area (Å²) >= 11 is 0. The maximum Gasteiger partial charge on any atom is 0.330 e. The fraction of sp³-hybridized carbons (Fsp3) is 0.455. The third-order valence-electron chi connectivity index (χ3n) is 2.87. The lowest BCUT2D eigenvalue weighted by Crippen LogP contribution is -2.35. The maximum atomic E-state index is 11.6. The Balaban J connectivity index is 2.38. The van der Waals surface area contributed by atoms with Crippen LogP contribution in [0.3, 0.4) is 0 Å². The van der Waals surface area contributed by atoms with Crippen molar-refractivity contribution in [1.29, 1.82) is 0 Å². The molecule has 7 nitrogen and oxygen atoms in total. The predicted molar refractivity (Wildman–Crippen MR) is 60.6 cm³/mol. The molecule has 0 saturated carbocycles. The molecule has 1 aliphatic rings. The standard InChI is InChI=1S/C11H12N2O5/c1-2-6-7(5-14)18-10(9(6)16)13-4-3-8(15)12-11(13)17/h1,3-4,6-7,9-10,14,16H,5H2,(H,12,15,17)/t6-,7+,9+,10+/m0/s1. The zero-order valence-electron chi connectivity index (χ0n) is 9.31. The van der Waals surface area contributed by atoms with Crippen molar-refractivity contribution in [2.75, 3.05) is 6.61 Å². The van der Waals surface area contributed by atoms with E-state index in [-0.39, 0.29) is 6.61 Å². The lowest BCUT2D eigenvalue weighted by Gasteiger charge is -2.16. The molecule has 2 rings (SSSR count). The van der Waals surface area contributed by atoms with Gasteiger partial charge in [-0.1, -0.05) is 5.92 Å². The van der Waals surface area contributed by atoms with Crippen LogP contribution >= 0.6 is 0 Å². The molecule has 1 aliphatic heterocycles. The highest BCUT2D eigenvalue weighted by atomic mass is 16.5. The molecule has 2 heterocycles. The number of hydrogen-bond acceptors (Lipinski definition) is 5. The van der Waals surface area contributed by atoms with Gasteiger partial charge in [0.2, 0.25) is 0 Å². The minimum absolute atomic E-state index is 0.361. The minimum Gasteiger partial charge on any atom is -0.394 e. The molecular weight excluding hydrogens is 240 g/mol. The monoisotopic (exact) mass is 252 g/mol. The third kappa shape index (κ3) is 1.97. The van der Waals surface area contributed by atoms with E-state index in [1.807, 2.05) is 4.98 Å². The Hall–Kier alpha value is -1.88. The van der Waals surface area contributed by atoms with Crippen molar-refractivity contribution < 1.29 is 14.9 Å². The fourth-order valence-electron chi connectivity index (χ4n) is 1.96. The van der Waals surface area contributed by atoms with Gasteiger partial charge in [0.25, 0.3) is 5.56 Å². The molecule has 0 amide bonds. The van der Waals surface area contributed by atoms with Gasteiger partial charge in [0.1, 0.15) is 6.10 Å². The largest absolute Gasteiger partial charge is 0.394 e. The molecular formula is C11H12N2O5. The van der Waals surface area contributed by atoms with E-state index >= 15 is 0 Å². The Morgan fingerprint density at radius 1 is 1.56 bits per heavy atom. The number of nitrogens with zero attached hydrogens (tertiary/aromatic N) is 1. The van der Waals surface area contributed by atoms with Crippen molar-refractivity contribution >= 4 is 0 Å². The Morgan fingerprint density at radius 3 is 2.78 bits per heavy atom. The normalized spacial score (nSPS) is 31.2.